The molecule has 1 aromatic heterocycles. The molecule has 0 amide bonds. The molecule has 0 bridgehead atoms. The number of hydrogen-bond acceptors (Lipinski definition) is 1. The second-order valence-electron chi connectivity index (χ2n) is 5.83. The van der Waals surface area contributed by atoms with Crippen LogP contribution in [-0.2, 0) is 0 Å². The Morgan fingerprint density at radius 3 is 1.48 bits per heavy atom. The van der Waals surface area contributed by atoms with Crippen molar-refractivity contribution in [3.63, 3.8) is 0 Å². The molecular formula is C18H31NSn2. The van der Waals surface area contributed by atoms with Gasteiger partial charge in [0.1, 0.15) is 0 Å². The average Bonchev–Trinajstić information content (AvgIpc) is 2.51. The summed E-state index contributed by atoms with van der Waals surface area (Å²) in [7, 11) is 0. The van der Waals surface area contributed by atoms with Gasteiger partial charge in [0, 0.05) is 0 Å². The summed E-state index contributed by atoms with van der Waals surface area (Å²) in [4.78, 5) is 3.86. The monoisotopic (exact) mass is 501 g/mol. The van der Waals surface area contributed by atoms with Crippen molar-refractivity contribution in [3.05, 3.63) is 24.5 Å². The fraction of sp³-hybridized carbons (Fsp3) is 0.722. The molecule has 6 radical (unpaired) electrons. The molecule has 0 spiro atoms. The van der Waals surface area contributed by atoms with Crippen LogP contribution in [0.2, 0.25) is 3.43 Å². The van der Waals surface area contributed by atoms with Crippen molar-refractivity contribution in [1.82, 2.24) is 4.98 Å². The Morgan fingerprint density at radius 2 is 1.24 bits per heavy atom. The summed E-state index contributed by atoms with van der Waals surface area (Å²) in [5, 5.41) is 0. The SMILES string of the molecule is CCCC[C]([Sn])(CCCC)CCCC.[Sn][c]1ccncc1. The summed E-state index contributed by atoms with van der Waals surface area (Å²) in [6.45, 7) is 6.95. The van der Waals surface area contributed by atoms with Crippen molar-refractivity contribution >= 4 is 48.6 Å². The third kappa shape index (κ3) is 12.9. The summed E-state index contributed by atoms with van der Waals surface area (Å²) in [5.41, 5.74) is 0. The van der Waals surface area contributed by atoms with Crippen molar-refractivity contribution in [2.45, 2.75) is 82.0 Å². The average molecular weight is 499 g/mol. The number of hydrogen-bond donors (Lipinski definition) is 0. The minimum atomic E-state index is 0.745. The molecule has 1 rings (SSSR count). The molecule has 0 aliphatic heterocycles. The van der Waals surface area contributed by atoms with E-state index in [1.54, 1.807) is 22.5 Å². The van der Waals surface area contributed by atoms with E-state index in [0.717, 1.165) is 3.43 Å². The Labute approximate surface area is 159 Å². The molecule has 0 N–H and O–H groups in total. The van der Waals surface area contributed by atoms with Crippen LogP contribution in [0, 0.1) is 0 Å². The standard InChI is InChI=1S/C13H27.C5H4N.2Sn/c1-4-7-10-13(11-8-5-2)12-9-6-3;1-2-4-6-5-3-1;;/h4-12H2,1-3H3;2-5H;;. The molecule has 0 saturated carbocycles. The zero-order chi connectivity index (χ0) is 16.0. The van der Waals surface area contributed by atoms with Gasteiger partial charge in [-0.3, -0.25) is 0 Å². The Balaban J connectivity index is 0.000000471. The number of rotatable bonds is 9. The predicted octanol–water partition coefficient (Wildman–Crippen LogP) is 4.76. The van der Waals surface area contributed by atoms with Crippen molar-refractivity contribution < 1.29 is 0 Å². The predicted molar refractivity (Wildman–Crippen MR) is 96.6 cm³/mol. The third-order valence-corrected chi connectivity index (χ3v) is 6.80. The van der Waals surface area contributed by atoms with Gasteiger partial charge in [0.2, 0.25) is 0 Å². The fourth-order valence-electron chi connectivity index (χ4n) is 2.27. The second-order valence-corrected chi connectivity index (χ2v) is 10.5. The van der Waals surface area contributed by atoms with E-state index < -0.39 is 0 Å². The molecule has 0 fully saturated rings. The van der Waals surface area contributed by atoms with Crippen LogP contribution >= 0.6 is 0 Å². The zero-order valence-corrected chi connectivity index (χ0v) is 19.8. The molecule has 116 valence electrons. The molecule has 1 aromatic rings. The maximum absolute atomic E-state index is 3.86. The van der Waals surface area contributed by atoms with E-state index in [4.69, 9.17) is 0 Å². The van der Waals surface area contributed by atoms with Crippen LogP contribution in [0.1, 0.15) is 78.6 Å². The Hall–Kier alpha value is 0.747. The zero-order valence-electron chi connectivity index (χ0n) is 14.1. The first-order chi connectivity index (χ1) is 10.1. The van der Waals surface area contributed by atoms with Crippen LogP contribution in [0.15, 0.2) is 24.5 Å². The van der Waals surface area contributed by atoms with E-state index in [2.05, 4.69) is 25.8 Å². The molecule has 0 aliphatic rings. The van der Waals surface area contributed by atoms with Gasteiger partial charge in [0.25, 0.3) is 0 Å². The van der Waals surface area contributed by atoms with Gasteiger partial charge in [-0.05, 0) is 0 Å². The second kappa shape index (κ2) is 14.3. The summed E-state index contributed by atoms with van der Waals surface area (Å²) in [5.74, 6) is 0. The normalized spacial score (nSPS) is 10.9. The van der Waals surface area contributed by atoms with Gasteiger partial charge in [0.15, 0.2) is 0 Å². The van der Waals surface area contributed by atoms with Gasteiger partial charge in [-0.25, -0.2) is 0 Å². The van der Waals surface area contributed by atoms with Crippen molar-refractivity contribution in [1.29, 1.82) is 0 Å². The van der Waals surface area contributed by atoms with Crippen LogP contribution in [0.25, 0.3) is 0 Å². The quantitative estimate of drug-likeness (QED) is 0.447. The van der Waals surface area contributed by atoms with E-state index in [9.17, 15) is 0 Å². The molecule has 0 saturated heterocycles. The van der Waals surface area contributed by atoms with Crippen LogP contribution in [0.3, 0.4) is 0 Å². The fourth-order valence-corrected chi connectivity index (χ4v) is 4.21. The molecule has 0 aliphatic carbocycles. The summed E-state index contributed by atoms with van der Waals surface area (Å²) in [6, 6.07) is 4.02. The van der Waals surface area contributed by atoms with Crippen molar-refractivity contribution in [2.75, 3.05) is 0 Å². The van der Waals surface area contributed by atoms with Crippen molar-refractivity contribution in [3.8, 4) is 0 Å². The molecule has 1 nitrogen and oxygen atoms in total. The Morgan fingerprint density at radius 1 is 0.857 bits per heavy atom. The first kappa shape index (κ1) is 21.7. The van der Waals surface area contributed by atoms with Crippen LogP contribution in [0.5, 0.6) is 0 Å². The van der Waals surface area contributed by atoms with E-state index in [0.29, 0.717) is 0 Å². The van der Waals surface area contributed by atoms with Gasteiger partial charge in [-0.1, -0.05) is 0 Å². The molecule has 0 unspecified atom stereocenters. The van der Waals surface area contributed by atoms with Crippen LogP contribution in [-0.4, -0.2) is 50.0 Å². The van der Waals surface area contributed by atoms with Gasteiger partial charge < -0.3 is 0 Å². The molecule has 0 aromatic carbocycles. The summed E-state index contributed by atoms with van der Waals surface area (Å²) in [6.07, 6.45) is 16.5. The topological polar surface area (TPSA) is 12.9 Å². The first-order valence-electron chi connectivity index (χ1n) is 8.44. The Bertz CT molecular complexity index is 305. The van der Waals surface area contributed by atoms with Gasteiger partial charge in [0.05, 0.1) is 0 Å². The van der Waals surface area contributed by atoms with E-state index in [-0.39, 0.29) is 0 Å². The first-order valence-corrected chi connectivity index (χ1v) is 11.3. The summed E-state index contributed by atoms with van der Waals surface area (Å²) >= 11 is 3.25. The van der Waals surface area contributed by atoms with Gasteiger partial charge >= 0.3 is 160 Å². The number of pyridine rings is 1. The maximum atomic E-state index is 3.86. The number of nitrogens with zero attached hydrogens (tertiary/aromatic N) is 1. The van der Waals surface area contributed by atoms with E-state index in [1.807, 2.05) is 24.5 Å². The molecule has 3 heteroatoms. The van der Waals surface area contributed by atoms with Crippen molar-refractivity contribution in [2.24, 2.45) is 0 Å². The van der Waals surface area contributed by atoms with Gasteiger partial charge in [-0.2, -0.15) is 0 Å². The van der Waals surface area contributed by atoms with E-state index in [1.165, 1.54) is 83.9 Å². The molecular weight excluding hydrogens is 468 g/mol. The molecule has 1 heterocycles. The van der Waals surface area contributed by atoms with Gasteiger partial charge in [-0.15, -0.1) is 0 Å². The number of unbranched alkanes of at least 4 members (excludes halogenated alkanes) is 3. The minimum absolute atomic E-state index is 0.745. The third-order valence-electron chi connectivity index (χ3n) is 3.71. The molecule has 0 atom stereocenters. The Kier molecular flexibility index (Phi) is 14.9. The summed E-state index contributed by atoms with van der Waals surface area (Å²) < 4.78 is 2.09. The van der Waals surface area contributed by atoms with E-state index >= 15 is 0 Å². The number of aromatic nitrogens is 1. The molecule has 21 heavy (non-hydrogen) atoms. The van der Waals surface area contributed by atoms with Crippen LogP contribution < -0.4 is 3.58 Å². The van der Waals surface area contributed by atoms with Crippen LogP contribution in [0.4, 0.5) is 0 Å².